The first-order valence-electron chi connectivity index (χ1n) is 10.7. The molecule has 164 valence electrons. The predicted octanol–water partition coefficient (Wildman–Crippen LogP) is 2.11. The number of aryl methyl sites for hydroxylation is 1. The first kappa shape index (κ1) is 22.1. The van der Waals surface area contributed by atoms with Crippen molar-refractivity contribution >= 4 is 11.6 Å². The number of hydrogen-bond acceptors (Lipinski definition) is 5. The number of guanidine groups is 1. The normalized spacial score (nSPS) is 15.1. The summed E-state index contributed by atoms with van der Waals surface area (Å²) in [5, 5.41) is 15.4. The van der Waals surface area contributed by atoms with Crippen LogP contribution in [0.25, 0.3) is 0 Å². The zero-order valence-corrected chi connectivity index (χ0v) is 18.6. The molecule has 1 heterocycles. The molecule has 3 rings (SSSR count). The Hall–Kier alpha value is -2.61. The van der Waals surface area contributed by atoms with E-state index in [2.05, 4.69) is 57.0 Å². The summed E-state index contributed by atoms with van der Waals surface area (Å²) in [6.07, 6.45) is 3.50. The third-order valence-corrected chi connectivity index (χ3v) is 5.58. The molecule has 0 bridgehead atoms. The first-order chi connectivity index (χ1) is 14.6. The number of nitrogens with zero attached hydrogens (tertiary/aromatic N) is 5. The number of hydrogen-bond donors (Lipinski definition) is 2. The van der Waals surface area contributed by atoms with Crippen LogP contribution in [0.4, 0.5) is 5.69 Å². The van der Waals surface area contributed by atoms with Crippen molar-refractivity contribution in [2.75, 3.05) is 38.8 Å². The van der Waals surface area contributed by atoms with E-state index in [4.69, 9.17) is 9.73 Å². The van der Waals surface area contributed by atoms with E-state index in [0.717, 1.165) is 37.1 Å². The summed E-state index contributed by atoms with van der Waals surface area (Å²) >= 11 is 0. The maximum absolute atomic E-state index is 5.42. The van der Waals surface area contributed by atoms with Crippen molar-refractivity contribution in [2.45, 2.75) is 38.8 Å². The minimum atomic E-state index is 0.287. The van der Waals surface area contributed by atoms with Crippen LogP contribution in [0.15, 0.2) is 35.3 Å². The Morgan fingerprint density at radius 2 is 2.07 bits per heavy atom. The molecule has 1 fully saturated rings. The number of anilines is 1. The number of aromatic nitrogens is 3. The van der Waals surface area contributed by atoms with E-state index in [1.807, 2.05) is 24.6 Å². The number of nitrogens with one attached hydrogen (secondary N) is 2. The average molecular weight is 414 g/mol. The molecule has 8 nitrogen and oxygen atoms in total. The molecule has 1 aromatic carbocycles. The number of aliphatic imine (C=N–C) groups is 1. The highest BCUT2D eigenvalue weighted by atomic mass is 16.5. The Balaban J connectivity index is 1.55. The van der Waals surface area contributed by atoms with Crippen LogP contribution in [0.5, 0.6) is 0 Å². The van der Waals surface area contributed by atoms with Crippen LogP contribution < -0.4 is 15.5 Å². The maximum atomic E-state index is 5.42. The van der Waals surface area contributed by atoms with Crippen molar-refractivity contribution in [1.29, 1.82) is 0 Å². The van der Waals surface area contributed by atoms with Gasteiger partial charge in [-0.25, -0.2) is 4.99 Å². The number of para-hydroxylation sites is 1. The van der Waals surface area contributed by atoms with Crippen molar-refractivity contribution < 1.29 is 4.74 Å². The molecule has 8 heteroatoms. The van der Waals surface area contributed by atoms with Crippen LogP contribution in [0.3, 0.4) is 0 Å². The number of rotatable bonds is 11. The second-order valence-electron chi connectivity index (χ2n) is 7.97. The summed E-state index contributed by atoms with van der Waals surface area (Å²) in [7, 11) is 5.85. The second-order valence-corrected chi connectivity index (χ2v) is 7.97. The fraction of sp³-hybridized carbons (Fsp3) is 0.591. The molecule has 0 spiro atoms. The lowest BCUT2D eigenvalue weighted by molar-refractivity contribution is 0.165. The minimum absolute atomic E-state index is 0.287. The molecule has 1 atom stereocenters. The molecule has 0 amide bonds. The summed E-state index contributed by atoms with van der Waals surface area (Å²) in [5.41, 5.74) is 1.23. The summed E-state index contributed by atoms with van der Waals surface area (Å²) in [4.78, 5) is 7.05. The summed E-state index contributed by atoms with van der Waals surface area (Å²) < 4.78 is 7.39. The van der Waals surface area contributed by atoms with Crippen molar-refractivity contribution in [3.63, 3.8) is 0 Å². The van der Waals surface area contributed by atoms with Crippen LogP contribution in [0.2, 0.25) is 0 Å². The van der Waals surface area contributed by atoms with E-state index in [9.17, 15) is 0 Å². The van der Waals surface area contributed by atoms with E-state index in [0.29, 0.717) is 19.1 Å². The highest BCUT2D eigenvalue weighted by Crippen LogP contribution is 2.32. The van der Waals surface area contributed by atoms with E-state index in [1.54, 1.807) is 7.11 Å². The van der Waals surface area contributed by atoms with Gasteiger partial charge in [0.05, 0.1) is 12.6 Å². The minimum Gasteiger partial charge on any atom is -0.383 e. The quantitative estimate of drug-likeness (QED) is 0.334. The maximum Gasteiger partial charge on any atom is 0.192 e. The standard InChI is InChI=1S/C22H35N7O/c1-17-26-27-21(29(17)3)15-24-22(25-20(16-30-4)18-11-12-18)23-13-8-14-28(2)19-9-6-5-7-10-19/h5-7,9-10,18,20H,8,11-16H2,1-4H3,(H2,23,24,25). The van der Waals surface area contributed by atoms with Gasteiger partial charge in [-0.05, 0) is 44.2 Å². The van der Waals surface area contributed by atoms with Crippen molar-refractivity contribution in [2.24, 2.45) is 18.0 Å². The largest absolute Gasteiger partial charge is 0.383 e. The average Bonchev–Trinajstić information content (AvgIpc) is 3.56. The van der Waals surface area contributed by atoms with Gasteiger partial charge >= 0.3 is 0 Å². The lowest BCUT2D eigenvalue weighted by Crippen LogP contribution is -2.47. The molecule has 0 saturated heterocycles. The Morgan fingerprint density at radius 3 is 2.70 bits per heavy atom. The van der Waals surface area contributed by atoms with Gasteiger partial charge in [-0.2, -0.15) is 0 Å². The van der Waals surface area contributed by atoms with Crippen molar-refractivity contribution in [3.05, 3.63) is 42.0 Å². The number of methoxy groups -OCH3 is 1. The van der Waals surface area contributed by atoms with E-state index >= 15 is 0 Å². The molecular weight excluding hydrogens is 378 g/mol. The summed E-state index contributed by atoms with van der Waals surface area (Å²) in [6.45, 7) is 4.93. The predicted molar refractivity (Wildman–Crippen MR) is 121 cm³/mol. The Labute approximate surface area is 179 Å². The topological polar surface area (TPSA) is 79.6 Å². The molecular formula is C22H35N7O. The highest BCUT2D eigenvalue weighted by Gasteiger charge is 2.31. The smallest absolute Gasteiger partial charge is 0.192 e. The van der Waals surface area contributed by atoms with Crippen LogP contribution in [0.1, 0.15) is 30.9 Å². The molecule has 1 aliphatic rings. The second kappa shape index (κ2) is 11.0. The zero-order chi connectivity index (χ0) is 21.3. The molecule has 1 aromatic heterocycles. The third-order valence-electron chi connectivity index (χ3n) is 5.58. The van der Waals surface area contributed by atoms with Gasteiger partial charge in [0, 0.05) is 40.0 Å². The van der Waals surface area contributed by atoms with E-state index in [1.165, 1.54) is 18.5 Å². The Morgan fingerprint density at radius 1 is 1.30 bits per heavy atom. The van der Waals surface area contributed by atoms with Crippen LogP contribution in [-0.2, 0) is 18.3 Å². The van der Waals surface area contributed by atoms with Gasteiger partial charge in [-0.3, -0.25) is 0 Å². The molecule has 30 heavy (non-hydrogen) atoms. The lowest BCUT2D eigenvalue weighted by Gasteiger charge is -2.22. The number of ether oxygens (including phenoxy) is 1. The highest BCUT2D eigenvalue weighted by molar-refractivity contribution is 5.80. The Bertz CT molecular complexity index is 801. The van der Waals surface area contributed by atoms with Crippen LogP contribution >= 0.6 is 0 Å². The zero-order valence-electron chi connectivity index (χ0n) is 18.6. The molecule has 2 N–H and O–H groups in total. The van der Waals surface area contributed by atoms with Gasteiger partial charge in [0.15, 0.2) is 11.8 Å². The van der Waals surface area contributed by atoms with Gasteiger partial charge in [0.25, 0.3) is 0 Å². The van der Waals surface area contributed by atoms with Gasteiger partial charge in [0.1, 0.15) is 12.4 Å². The fourth-order valence-corrected chi connectivity index (χ4v) is 3.38. The summed E-state index contributed by atoms with van der Waals surface area (Å²) in [6, 6.07) is 10.7. The van der Waals surface area contributed by atoms with E-state index in [-0.39, 0.29) is 6.04 Å². The first-order valence-corrected chi connectivity index (χ1v) is 10.7. The lowest BCUT2D eigenvalue weighted by atomic mass is 10.2. The van der Waals surface area contributed by atoms with Gasteiger partial charge < -0.3 is 24.8 Å². The SMILES string of the molecule is COCC(NC(=NCc1nnc(C)n1C)NCCCN(C)c1ccccc1)C1CC1. The third kappa shape index (κ3) is 6.45. The Kier molecular flexibility index (Phi) is 8.07. The molecule has 1 unspecified atom stereocenters. The molecule has 2 aromatic rings. The molecule has 0 radical (unpaired) electrons. The molecule has 1 saturated carbocycles. The van der Waals surface area contributed by atoms with Crippen LogP contribution in [-0.4, -0.2) is 60.6 Å². The van der Waals surface area contributed by atoms with Gasteiger partial charge in [-0.1, -0.05) is 18.2 Å². The van der Waals surface area contributed by atoms with E-state index < -0.39 is 0 Å². The van der Waals surface area contributed by atoms with Crippen molar-refractivity contribution in [3.8, 4) is 0 Å². The fourth-order valence-electron chi connectivity index (χ4n) is 3.38. The number of benzene rings is 1. The molecule has 0 aliphatic heterocycles. The van der Waals surface area contributed by atoms with Gasteiger partial charge in [0.2, 0.25) is 0 Å². The molecule has 1 aliphatic carbocycles. The summed E-state index contributed by atoms with van der Waals surface area (Å²) in [5.74, 6) is 3.22. The van der Waals surface area contributed by atoms with Crippen LogP contribution in [0, 0.1) is 12.8 Å². The van der Waals surface area contributed by atoms with Gasteiger partial charge in [-0.15, -0.1) is 10.2 Å². The van der Waals surface area contributed by atoms with Crippen molar-refractivity contribution in [1.82, 2.24) is 25.4 Å². The monoisotopic (exact) mass is 413 g/mol.